The smallest absolute Gasteiger partial charge is 0.337 e. The predicted octanol–water partition coefficient (Wildman–Crippen LogP) is 0.579. The monoisotopic (exact) mass is 300 g/mol. The van der Waals surface area contributed by atoms with Crippen LogP contribution in [0.25, 0.3) is 0 Å². The van der Waals surface area contributed by atoms with Crippen LogP contribution in [0.4, 0.5) is 0 Å². The fourth-order valence-corrected chi connectivity index (χ4v) is 3.73. The number of aromatic nitrogens is 1. The number of carboxylic acid groups (broad SMARTS) is 1. The number of ether oxygens (including phenoxy) is 1. The van der Waals surface area contributed by atoms with Crippen LogP contribution in [0.2, 0.25) is 0 Å². The highest BCUT2D eigenvalue weighted by atomic mass is 32.2. The van der Waals surface area contributed by atoms with Crippen LogP contribution in [0, 0.1) is 0 Å². The first kappa shape index (κ1) is 14.9. The lowest BCUT2D eigenvalue weighted by atomic mass is 10.1. The van der Waals surface area contributed by atoms with Gasteiger partial charge in [0.2, 0.25) is 0 Å². The van der Waals surface area contributed by atoms with Gasteiger partial charge < -0.3 is 9.84 Å². The number of rotatable bonds is 3. The second kappa shape index (κ2) is 5.12. The molecule has 8 heteroatoms. The van der Waals surface area contributed by atoms with E-state index in [0.29, 0.717) is 13.2 Å². The number of carboxylic acids is 1. The highest BCUT2D eigenvalue weighted by Gasteiger charge is 2.40. The Balaban J connectivity index is 2.36. The third-order valence-electron chi connectivity index (χ3n) is 3.11. The summed E-state index contributed by atoms with van der Waals surface area (Å²) < 4.78 is 31.7. The summed E-state index contributed by atoms with van der Waals surface area (Å²) in [7, 11) is -3.76. The minimum atomic E-state index is -3.76. The Bertz CT molecular complexity index is 609. The molecule has 2 heterocycles. The standard InChI is InChI=1S/C12H16N2O5S/c1-12(2)8-19-6-5-14(12)20(17,18)10-4-3-9(7-13-10)11(15)16/h3-4,7H,5-6,8H2,1-2H3,(H,15,16). The summed E-state index contributed by atoms with van der Waals surface area (Å²) in [5.74, 6) is -1.15. The lowest BCUT2D eigenvalue weighted by Crippen LogP contribution is -2.55. The van der Waals surface area contributed by atoms with Gasteiger partial charge in [0.25, 0.3) is 10.0 Å². The van der Waals surface area contributed by atoms with Crippen molar-refractivity contribution >= 4 is 16.0 Å². The van der Waals surface area contributed by atoms with Gasteiger partial charge in [-0.25, -0.2) is 18.2 Å². The number of aromatic carboxylic acids is 1. The summed E-state index contributed by atoms with van der Waals surface area (Å²) >= 11 is 0. The second-order valence-corrected chi connectivity index (χ2v) is 6.94. The molecule has 1 aromatic rings. The van der Waals surface area contributed by atoms with E-state index in [1.165, 1.54) is 16.4 Å². The van der Waals surface area contributed by atoms with Crippen LogP contribution in [0.1, 0.15) is 24.2 Å². The number of hydrogen-bond acceptors (Lipinski definition) is 5. The van der Waals surface area contributed by atoms with Crippen molar-refractivity contribution in [2.45, 2.75) is 24.4 Å². The van der Waals surface area contributed by atoms with Gasteiger partial charge in [-0.15, -0.1) is 0 Å². The molecular weight excluding hydrogens is 284 g/mol. The second-order valence-electron chi connectivity index (χ2n) is 5.13. The molecule has 2 rings (SSSR count). The lowest BCUT2D eigenvalue weighted by molar-refractivity contribution is -0.00782. The van der Waals surface area contributed by atoms with Crippen LogP contribution in [-0.4, -0.2) is 54.1 Å². The summed E-state index contributed by atoms with van der Waals surface area (Å²) in [6, 6.07) is 2.44. The van der Waals surface area contributed by atoms with Gasteiger partial charge in [0.05, 0.1) is 24.3 Å². The lowest BCUT2D eigenvalue weighted by Gasteiger charge is -2.40. The third-order valence-corrected chi connectivity index (χ3v) is 5.13. The van der Waals surface area contributed by atoms with Crippen molar-refractivity contribution in [3.05, 3.63) is 23.9 Å². The van der Waals surface area contributed by atoms with Gasteiger partial charge in [0.15, 0.2) is 5.03 Å². The van der Waals surface area contributed by atoms with Crippen molar-refractivity contribution in [2.75, 3.05) is 19.8 Å². The van der Waals surface area contributed by atoms with E-state index in [1.54, 1.807) is 13.8 Å². The van der Waals surface area contributed by atoms with Gasteiger partial charge in [-0.2, -0.15) is 4.31 Å². The molecule has 110 valence electrons. The number of sulfonamides is 1. The van der Waals surface area contributed by atoms with Crippen LogP contribution < -0.4 is 0 Å². The molecule has 1 aliphatic rings. The summed E-state index contributed by atoms with van der Waals surface area (Å²) in [5.41, 5.74) is -0.713. The predicted molar refractivity (Wildman–Crippen MR) is 70.0 cm³/mol. The van der Waals surface area contributed by atoms with E-state index in [-0.39, 0.29) is 17.1 Å². The maximum absolute atomic E-state index is 12.5. The normalized spacial score (nSPS) is 19.7. The van der Waals surface area contributed by atoms with Gasteiger partial charge in [-0.05, 0) is 26.0 Å². The molecule has 0 saturated carbocycles. The Kier molecular flexibility index (Phi) is 3.81. The average molecular weight is 300 g/mol. The third kappa shape index (κ3) is 2.67. The molecule has 0 atom stereocenters. The average Bonchev–Trinajstić information content (AvgIpc) is 2.38. The molecule has 0 aromatic carbocycles. The van der Waals surface area contributed by atoms with Crippen molar-refractivity contribution in [2.24, 2.45) is 0 Å². The van der Waals surface area contributed by atoms with Crippen molar-refractivity contribution < 1.29 is 23.1 Å². The minimum Gasteiger partial charge on any atom is -0.478 e. The summed E-state index contributed by atoms with van der Waals surface area (Å²) in [6.07, 6.45) is 1.04. The maximum Gasteiger partial charge on any atom is 0.337 e. The number of carbonyl (C=O) groups is 1. The largest absolute Gasteiger partial charge is 0.478 e. The molecule has 1 saturated heterocycles. The molecular formula is C12H16N2O5S. The first-order valence-corrected chi connectivity index (χ1v) is 7.49. The summed E-state index contributed by atoms with van der Waals surface area (Å²) in [5, 5.41) is 8.64. The molecule has 0 aliphatic carbocycles. The number of pyridine rings is 1. The van der Waals surface area contributed by atoms with Gasteiger partial charge in [0.1, 0.15) is 0 Å². The van der Waals surface area contributed by atoms with E-state index in [2.05, 4.69) is 4.98 Å². The van der Waals surface area contributed by atoms with Crippen LogP contribution in [0.15, 0.2) is 23.4 Å². The zero-order valence-corrected chi connectivity index (χ0v) is 12.1. The van der Waals surface area contributed by atoms with E-state index < -0.39 is 21.5 Å². The molecule has 1 aliphatic heterocycles. The fourth-order valence-electron chi connectivity index (χ4n) is 2.06. The van der Waals surface area contributed by atoms with Crippen molar-refractivity contribution in [3.63, 3.8) is 0 Å². The van der Waals surface area contributed by atoms with E-state index in [0.717, 1.165) is 6.20 Å². The van der Waals surface area contributed by atoms with Crippen molar-refractivity contribution in [1.29, 1.82) is 0 Å². The van der Waals surface area contributed by atoms with Crippen molar-refractivity contribution in [3.8, 4) is 0 Å². The summed E-state index contributed by atoms with van der Waals surface area (Å²) in [6.45, 7) is 4.43. The number of nitrogens with zero attached hydrogens (tertiary/aromatic N) is 2. The molecule has 1 N–H and O–H groups in total. The highest BCUT2D eigenvalue weighted by molar-refractivity contribution is 7.89. The molecule has 1 fully saturated rings. The van der Waals surface area contributed by atoms with Crippen LogP contribution in [0.5, 0.6) is 0 Å². The summed E-state index contributed by atoms with van der Waals surface area (Å²) in [4.78, 5) is 14.5. The number of hydrogen-bond donors (Lipinski definition) is 1. The molecule has 0 amide bonds. The molecule has 0 unspecified atom stereocenters. The van der Waals surface area contributed by atoms with Gasteiger partial charge in [-0.3, -0.25) is 0 Å². The SMILES string of the molecule is CC1(C)COCCN1S(=O)(=O)c1ccc(C(=O)O)cn1. The quantitative estimate of drug-likeness (QED) is 0.877. The molecule has 0 spiro atoms. The first-order valence-electron chi connectivity index (χ1n) is 6.05. The molecule has 7 nitrogen and oxygen atoms in total. The Morgan fingerprint density at radius 3 is 2.65 bits per heavy atom. The van der Waals surface area contributed by atoms with Gasteiger partial charge >= 0.3 is 5.97 Å². The first-order chi connectivity index (χ1) is 9.25. The topological polar surface area (TPSA) is 96.8 Å². The molecule has 1 aromatic heterocycles. The van der Waals surface area contributed by atoms with E-state index in [1.807, 2.05) is 0 Å². The zero-order valence-electron chi connectivity index (χ0n) is 11.2. The molecule has 20 heavy (non-hydrogen) atoms. The van der Waals surface area contributed by atoms with E-state index in [4.69, 9.17) is 9.84 Å². The maximum atomic E-state index is 12.5. The van der Waals surface area contributed by atoms with Crippen LogP contribution in [0.3, 0.4) is 0 Å². The Hall–Kier alpha value is -1.51. The van der Waals surface area contributed by atoms with E-state index >= 15 is 0 Å². The van der Waals surface area contributed by atoms with Crippen molar-refractivity contribution in [1.82, 2.24) is 9.29 Å². The van der Waals surface area contributed by atoms with Gasteiger partial charge in [0, 0.05) is 12.7 Å². The Morgan fingerprint density at radius 1 is 1.45 bits per heavy atom. The van der Waals surface area contributed by atoms with Gasteiger partial charge in [-0.1, -0.05) is 0 Å². The minimum absolute atomic E-state index is 0.0508. The Labute approximate surface area is 117 Å². The Morgan fingerprint density at radius 2 is 2.15 bits per heavy atom. The van der Waals surface area contributed by atoms with Crippen LogP contribution in [-0.2, 0) is 14.8 Å². The zero-order chi connectivity index (χ0) is 15.0. The van der Waals surface area contributed by atoms with Crippen LogP contribution >= 0.6 is 0 Å². The highest BCUT2D eigenvalue weighted by Crippen LogP contribution is 2.26. The van der Waals surface area contributed by atoms with E-state index in [9.17, 15) is 13.2 Å². The fraction of sp³-hybridized carbons (Fsp3) is 0.500. The number of morpholine rings is 1. The molecule has 0 bridgehead atoms. The molecule has 0 radical (unpaired) electrons.